The highest BCUT2D eigenvalue weighted by Gasteiger charge is 2.33. The molecule has 2 amide bonds. The van der Waals surface area contributed by atoms with Crippen molar-refractivity contribution in [1.29, 1.82) is 0 Å². The summed E-state index contributed by atoms with van der Waals surface area (Å²) in [6.07, 6.45) is 8.80. The summed E-state index contributed by atoms with van der Waals surface area (Å²) in [7, 11) is 1.92. The van der Waals surface area contributed by atoms with Crippen LogP contribution in [-0.2, 0) is 4.79 Å². The summed E-state index contributed by atoms with van der Waals surface area (Å²) >= 11 is 0. The third-order valence-electron chi connectivity index (χ3n) is 6.69. The topological polar surface area (TPSA) is 94.6 Å². The predicted molar refractivity (Wildman–Crippen MR) is 134 cm³/mol. The molecule has 4 heterocycles. The number of hydrogen-bond donors (Lipinski definition) is 1. The molecule has 1 aromatic carbocycles. The van der Waals surface area contributed by atoms with Gasteiger partial charge < -0.3 is 15.1 Å². The minimum Gasteiger partial charge on any atom is -0.371 e. The van der Waals surface area contributed by atoms with Crippen molar-refractivity contribution in [2.45, 2.75) is 18.9 Å². The summed E-state index contributed by atoms with van der Waals surface area (Å²) in [5.41, 5.74) is 3.82. The van der Waals surface area contributed by atoms with Gasteiger partial charge in [-0.1, -0.05) is 6.07 Å². The fourth-order valence-electron chi connectivity index (χ4n) is 4.66. The zero-order chi connectivity index (χ0) is 24.2. The zero-order valence-corrected chi connectivity index (χ0v) is 19.8. The molecule has 2 aliphatic heterocycles. The van der Waals surface area contributed by atoms with Gasteiger partial charge in [-0.05, 0) is 50.2 Å². The van der Waals surface area contributed by atoms with Crippen molar-refractivity contribution in [3.8, 4) is 11.3 Å². The number of nitrogens with zero attached hydrogens (tertiary/aromatic N) is 6. The molecule has 1 atom stereocenters. The number of aromatic nitrogens is 3. The SMILES string of the molecule is CN1CCN(C(=O)c2ccnc(-c3cncnc3)c2)CC1C(=O)Nc1cccc(N2CCCC2)c1. The number of anilines is 2. The summed E-state index contributed by atoms with van der Waals surface area (Å²) < 4.78 is 0. The van der Waals surface area contributed by atoms with Crippen LogP contribution >= 0.6 is 0 Å². The number of carbonyl (C=O) groups excluding carboxylic acids is 2. The molecule has 9 heteroatoms. The Morgan fingerprint density at radius 1 is 1.00 bits per heavy atom. The lowest BCUT2D eigenvalue weighted by Gasteiger charge is -2.38. The van der Waals surface area contributed by atoms with E-state index in [0.717, 1.165) is 30.0 Å². The molecule has 0 bridgehead atoms. The van der Waals surface area contributed by atoms with E-state index in [4.69, 9.17) is 0 Å². The Morgan fingerprint density at radius 2 is 1.80 bits per heavy atom. The Hall–Kier alpha value is -3.85. The molecule has 0 spiro atoms. The Bertz CT molecular complexity index is 1200. The average molecular weight is 472 g/mol. The van der Waals surface area contributed by atoms with Crippen LogP contribution in [0.2, 0.25) is 0 Å². The first-order valence-corrected chi connectivity index (χ1v) is 12.0. The fourth-order valence-corrected chi connectivity index (χ4v) is 4.66. The Kier molecular flexibility index (Phi) is 6.67. The fraction of sp³-hybridized carbons (Fsp3) is 0.346. The molecular weight excluding hydrogens is 442 g/mol. The number of pyridine rings is 1. The summed E-state index contributed by atoms with van der Waals surface area (Å²) in [4.78, 5) is 45.0. The van der Waals surface area contributed by atoms with Gasteiger partial charge in [0.25, 0.3) is 5.91 Å². The number of benzene rings is 1. The highest BCUT2D eigenvalue weighted by Crippen LogP contribution is 2.24. The number of rotatable bonds is 5. The molecule has 2 aromatic heterocycles. The minimum absolute atomic E-state index is 0.111. The van der Waals surface area contributed by atoms with E-state index in [1.165, 1.54) is 19.2 Å². The van der Waals surface area contributed by atoms with E-state index in [2.05, 4.69) is 31.2 Å². The third-order valence-corrected chi connectivity index (χ3v) is 6.69. The lowest BCUT2D eigenvalue weighted by atomic mass is 10.1. The van der Waals surface area contributed by atoms with Crippen LogP contribution in [0.15, 0.2) is 61.3 Å². The monoisotopic (exact) mass is 471 g/mol. The van der Waals surface area contributed by atoms with Crippen LogP contribution in [0.5, 0.6) is 0 Å². The normalized spacial score (nSPS) is 18.5. The average Bonchev–Trinajstić information content (AvgIpc) is 3.45. The molecule has 5 rings (SSSR count). The van der Waals surface area contributed by atoms with Crippen molar-refractivity contribution in [3.63, 3.8) is 0 Å². The van der Waals surface area contributed by atoms with Gasteiger partial charge in [0, 0.05) is 73.8 Å². The maximum atomic E-state index is 13.3. The molecule has 0 aliphatic carbocycles. The summed E-state index contributed by atoms with van der Waals surface area (Å²) in [6.45, 7) is 3.58. The first kappa shape index (κ1) is 22.9. The molecule has 1 N–H and O–H groups in total. The minimum atomic E-state index is -0.438. The van der Waals surface area contributed by atoms with E-state index in [-0.39, 0.29) is 11.8 Å². The van der Waals surface area contributed by atoms with Gasteiger partial charge in [-0.3, -0.25) is 19.5 Å². The first-order valence-electron chi connectivity index (χ1n) is 12.0. The lowest BCUT2D eigenvalue weighted by Crippen LogP contribution is -2.57. The van der Waals surface area contributed by atoms with Crippen LogP contribution in [0.3, 0.4) is 0 Å². The van der Waals surface area contributed by atoms with Gasteiger partial charge in [0.1, 0.15) is 12.4 Å². The van der Waals surface area contributed by atoms with Gasteiger partial charge in [0.2, 0.25) is 5.91 Å². The van der Waals surface area contributed by atoms with Crippen LogP contribution in [0.4, 0.5) is 11.4 Å². The van der Waals surface area contributed by atoms with Crippen molar-refractivity contribution in [3.05, 3.63) is 66.9 Å². The van der Waals surface area contributed by atoms with Gasteiger partial charge in [-0.25, -0.2) is 9.97 Å². The third kappa shape index (κ3) is 5.14. The maximum absolute atomic E-state index is 13.3. The number of amides is 2. The maximum Gasteiger partial charge on any atom is 0.254 e. The van der Waals surface area contributed by atoms with Crippen molar-refractivity contribution in [2.24, 2.45) is 0 Å². The highest BCUT2D eigenvalue weighted by molar-refractivity contribution is 5.98. The van der Waals surface area contributed by atoms with Crippen LogP contribution < -0.4 is 10.2 Å². The van der Waals surface area contributed by atoms with Crippen LogP contribution in [0.25, 0.3) is 11.3 Å². The van der Waals surface area contributed by atoms with Crippen molar-refractivity contribution in [2.75, 3.05) is 50.0 Å². The highest BCUT2D eigenvalue weighted by atomic mass is 16.2. The molecule has 180 valence electrons. The Balaban J connectivity index is 1.28. The van der Waals surface area contributed by atoms with E-state index >= 15 is 0 Å². The predicted octanol–water partition coefficient (Wildman–Crippen LogP) is 2.53. The molecule has 1 unspecified atom stereocenters. The van der Waals surface area contributed by atoms with E-state index in [9.17, 15) is 9.59 Å². The standard InChI is InChI=1S/C26H29N7O2/c1-31-11-12-33(26(35)19-7-8-29-23(13-19)20-15-27-18-28-16-20)17-24(31)25(34)30-21-5-4-6-22(14-21)32-9-2-3-10-32/h4-8,13-16,18,24H,2-3,9-12,17H2,1H3,(H,30,34). The van der Waals surface area contributed by atoms with Gasteiger partial charge in [-0.15, -0.1) is 0 Å². The number of nitrogens with one attached hydrogen (secondary N) is 1. The van der Waals surface area contributed by atoms with Gasteiger partial charge >= 0.3 is 0 Å². The zero-order valence-electron chi connectivity index (χ0n) is 19.8. The van der Waals surface area contributed by atoms with Crippen LogP contribution in [0.1, 0.15) is 23.2 Å². The van der Waals surface area contributed by atoms with Crippen molar-refractivity contribution < 1.29 is 9.59 Å². The molecule has 0 radical (unpaired) electrons. The molecule has 35 heavy (non-hydrogen) atoms. The van der Waals surface area contributed by atoms with E-state index in [0.29, 0.717) is 30.9 Å². The van der Waals surface area contributed by atoms with Crippen LogP contribution in [0, 0.1) is 0 Å². The van der Waals surface area contributed by atoms with Crippen LogP contribution in [-0.4, -0.2) is 82.4 Å². The smallest absolute Gasteiger partial charge is 0.254 e. The molecule has 2 aliphatic rings. The van der Waals surface area contributed by atoms with E-state index < -0.39 is 6.04 Å². The van der Waals surface area contributed by atoms with Gasteiger partial charge in [0.15, 0.2) is 0 Å². The van der Waals surface area contributed by atoms with Crippen molar-refractivity contribution in [1.82, 2.24) is 24.8 Å². The summed E-state index contributed by atoms with van der Waals surface area (Å²) in [6, 6.07) is 11.0. The molecular formula is C26H29N7O2. The number of hydrogen-bond acceptors (Lipinski definition) is 7. The number of carbonyl (C=O) groups is 2. The molecule has 9 nitrogen and oxygen atoms in total. The first-order chi connectivity index (χ1) is 17.1. The molecule has 2 fully saturated rings. The quantitative estimate of drug-likeness (QED) is 0.611. The van der Waals surface area contributed by atoms with E-state index in [1.54, 1.807) is 35.6 Å². The van der Waals surface area contributed by atoms with Gasteiger partial charge in [-0.2, -0.15) is 0 Å². The van der Waals surface area contributed by atoms with E-state index in [1.807, 2.05) is 30.1 Å². The number of piperazine rings is 1. The van der Waals surface area contributed by atoms with Crippen molar-refractivity contribution >= 4 is 23.2 Å². The number of likely N-dealkylation sites (N-methyl/N-ethyl adjacent to an activating group) is 1. The largest absolute Gasteiger partial charge is 0.371 e. The lowest BCUT2D eigenvalue weighted by molar-refractivity contribution is -0.122. The molecule has 0 saturated carbocycles. The second-order valence-electron chi connectivity index (χ2n) is 9.04. The summed E-state index contributed by atoms with van der Waals surface area (Å²) in [5.74, 6) is -0.229. The second kappa shape index (κ2) is 10.2. The molecule has 2 saturated heterocycles. The summed E-state index contributed by atoms with van der Waals surface area (Å²) in [5, 5.41) is 3.07. The van der Waals surface area contributed by atoms with Gasteiger partial charge in [0.05, 0.1) is 5.69 Å². The Morgan fingerprint density at radius 3 is 2.60 bits per heavy atom. The molecule has 3 aromatic rings. The Labute approximate surface area is 204 Å². The second-order valence-corrected chi connectivity index (χ2v) is 9.04.